The highest BCUT2D eigenvalue weighted by Crippen LogP contribution is 2.48. The number of thiophene rings is 1. The molecule has 1 heterocycles. The Morgan fingerprint density at radius 3 is 1.65 bits per heavy atom. The summed E-state index contributed by atoms with van der Waals surface area (Å²) in [6.07, 6.45) is 0. The van der Waals surface area contributed by atoms with Crippen LogP contribution in [0.15, 0.2) is 224 Å². The van der Waals surface area contributed by atoms with Crippen LogP contribution in [0.25, 0.3) is 96.6 Å². The van der Waals surface area contributed by atoms with Crippen molar-refractivity contribution in [3.63, 3.8) is 0 Å². The molecule has 0 saturated carbocycles. The van der Waals surface area contributed by atoms with Crippen molar-refractivity contribution < 1.29 is 0 Å². The number of hydrogen-bond acceptors (Lipinski definition) is 2. The molecule has 2 heteroatoms. The maximum Gasteiger partial charge on any atom is 0.0640 e. The van der Waals surface area contributed by atoms with Crippen molar-refractivity contribution >= 4 is 91.7 Å². The van der Waals surface area contributed by atoms with E-state index in [-0.39, 0.29) is 0 Å². The molecule has 0 unspecified atom stereocenters. The molecule has 280 valence electrons. The Balaban J connectivity index is 1.04. The first kappa shape index (κ1) is 34.5. The Hall–Kier alpha value is -7.52. The van der Waals surface area contributed by atoms with E-state index >= 15 is 0 Å². The normalized spacial score (nSPS) is 11.7. The predicted octanol–water partition coefficient (Wildman–Crippen LogP) is 17.1. The fourth-order valence-electron chi connectivity index (χ4n) is 9.31. The van der Waals surface area contributed by atoms with Gasteiger partial charge in [-0.25, -0.2) is 0 Å². The van der Waals surface area contributed by atoms with E-state index in [1.54, 1.807) is 0 Å². The van der Waals surface area contributed by atoms with Gasteiger partial charge in [-0.3, -0.25) is 0 Å². The summed E-state index contributed by atoms with van der Waals surface area (Å²) < 4.78 is 2.57. The largest absolute Gasteiger partial charge is 0.309 e. The molecule has 1 nitrogen and oxygen atoms in total. The van der Waals surface area contributed by atoms with Gasteiger partial charge >= 0.3 is 0 Å². The summed E-state index contributed by atoms with van der Waals surface area (Å²) >= 11 is 1.88. The minimum atomic E-state index is 1.11. The highest BCUT2D eigenvalue weighted by Gasteiger charge is 2.21. The molecular weight excluding hydrogens is 743 g/mol. The van der Waals surface area contributed by atoms with Crippen molar-refractivity contribution in [1.29, 1.82) is 0 Å². The number of hydrogen-bond donors (Lipinski definition) is 0. The SMILES string of the molecule is c1ccc(-c2cc(N(c3cccc(-c4ccc(-c5cc6ccccc6c6ccccc56)cc4)c3)c3cccc4c3sc3cc5ccccc5cc34)cc3ccccc23)cc1. The van der Waals surface area contributed by atoms with Crippen LogP contribution in [0, 0.1) is 0 Å². The first-order valence-corrected chi connectivity index (χ1v) is 21.4. The van der Waals surface area contributed by atoms with E-state index in [0.717, 1.165) is 11.4 Å². The van der Waals surface area contributed by atoms with E-state index in [1.165, 1.54) is 102 Å². The van der Waals surface area contributed by atoms with Gasteiger partial charge in [-0.2, -0.15) is 0 Å². The van der Waals surface area contributed by atoms with Crippen LogP contribution in [-0.4, -0.2) is 0 Å². The van der Waals surface area contributed by atoms with Crippen LogP contribution in [-0.2, 0) is 0 Å². The summed E-state index contributed by atoms with van der Waals surface area (Å²) in [6, 6.07) is 82.6. The maximum atomic E-state index is 2.48. The molecule has 12 rings (SSSR count). The third kappa shape index (κ3) is 5.76. The molecule has 0 fully saturated rings. The van der Waals surface area contributed by atoms with Gasteiger partial charge in [0.05, 0.1) is 10.4 Å². The lowest BCUT2D eigenvalue weighted by molar-refractivity contribution is 1.31. The van der Waals surface area contributed by atoms with Gasteiger partial charge in [-0.15, -0.1) is 11.3 Å². The minimum Gasteiger partial charge on any atom is -0.309 e. The molecular formula is C58H37NS. The fraction of sp³-hybridized carbons (Fsp3) is 0. The molecule has 60 heavy (non-hydrogen) atoms. The zero-order valence-corrected chi connectivity index (χ0v) is 33.5. The second kappa shape index (κ2) is 14.1. The first-order chi connectivity index (χ1) is 29.7. The van der Waals surface area contributed by atoms with Crippen LogP contribution in [0.4, 0.5) is 17.1 Å². The van der Waals surface area contributed by atoms with Crippen molar-refractivity contribution in [1.82, 2.24) is 0 Å². The molecule has 0 atom stereocenters. The molecule has 0 amide bonds. The minimum absolute atomic E-state index is 1.11. The summed E-state index contributed by atoms with van der Waals surface area (Å²) in [4.78, 5) is 2.48. The Kier molecular flexibility index (Phi) is 8.11. The third-order valence-electron chi connectivity index (χ3n) is 12.2. The number of benzene rings is 11. The van der Waals surface area contributed by atoms with E-state index in [9.17, 15) is 0 Å². The van der Waals surface area contributed by atoms with Gasteiger partial charge in [-0.05, 0) is 125 Å². The average molecular weight is 780 g/mol. The van der Waals surface area contributed by atoms with Crippen molar-refractivity contribution in [2.45, 2.75) is 0 Å². The van der Waals surface area contributed by atoms with E-state index in [0.29, 0.717) is 0 Å². The van der Waals surface area contributed by atoms with E-state index in [1.807, 2.05) is 11.3 Å². The molecule has 0 N–H and O–H groups in total. The Bertz CT molecular complexity index is 3600. The first-order valence-electron chi connectivity index (χ1n) is 20.6. The highest BCUT2D eigenvalue weighted by atomic mass is 32.1. The van der Waals surface area contributed by atoms with Crippen molar-refractivity contribution in [3.05, 3.63) is 224 Å². The fourth-order valence-corrected chi connectivity index (χ4v) is 10.5. The van der Waals surface area contributed by atoms with Crippen LogP contribution in [0.1, 0.15) is 0 Å². The van der Waals surface area contributed by atoms with Crippen LogP contribution in [0.3, 0.4) is 0 Å². The monoisotopic (exact) mass is 779 g/mol. The topological polar surface area (TPSA) is 3.24 Å². The second-order valence-corrected chi connectivity index (χ2v) is 16.7. The lowest BCUT2D eigenvalue weighted by Crippen LogP contribution is -2.10. The summed E-state index contributed by atoms with van der Waals surface area (Å²) in [5, 5.41) is 12.7. The summed E-state index contributed by atoms with van der Waals surface area (Å²) in [7, 11) is 0. The van der Waals surface area contributed by atoms with Crippen LogP contribution in [0.2, 0.25) is 0 Å². The van der Waals surface area contributed by atoms with Gasteiger partial charge in [0.1, 0.15) is 0 Å². The Morgan fingerprint density at radius 1 is 0.283 bits per heavy atom. The molecule has 0 aliphatic heterocycles. The van der Waals surface area contributed by atoms with Gasteiger partial charge in [0, 0.05) is 26.8 Å². The summed E-state index contributed by atoms with van der Waals surface area (Å²) in [5.41, 5.74) is 10.7. The second-order valence-electron chi connectivity index (χ2n) is 15.7. The Labute approximate surface area is 352 Å². The Morgan fingerprint density at radius 2 is 0.850 bits per heavy atom. The molecule has 0 bridgehead atoms. The molecule has 11 aromatic carbocycles. The number of nitrogens with zero attached hydrogens (tertiary/aromatic N) is 1. The highest BCUT2D eigenvalue weighted by molar-refractivity contribution is 7.26. The third-order valence-corrected chi connectivity index (χ3v) is 13.4. The molecule has 0 aliphatic carbocycles. The lowest BCUT2D eigenvalue weighted by Gasteiger charge is -2.28. The maximum absolute atomic E-state index is 2.48. The van der Waals surface area contributed by atoms with E-state index in [4.69, 9.17) is 0 Å². The standard InChI is InChI=1S/C58H37NS/c1-2-14-39(15-3-1)54-37-47(33-44-18-6-9-23-49(44)54)59(56-27-13-26-52-55-34-42-16-4-5-17-43(42)36-57(55)60-58(52)56)46-21-12-20-41(32-46)38-28-30-40(31-29-38)53-35-45-19-7-8-22-48(45)50-24-10-11-25-51(50)53/h1-37H. The van der Waals surface area contributed by atoms with Crippen LogP contribution < -0.4 is 4.90 Å². The molecule has 0 radical (unpaired) electrons. The molecule has 0 spiro atoms. The van der Waals surface area contributed by atoms with Crippen molar-refractivity contribution in [2.24, 2.45) is 0 Å². The zero-order chi connectivity index (χ0) is 39.6. The van der Waals surface area contributed by atoms with Crippen molar-refractivity contribution in [2.75, 3.05) is 4.90 Å². The van der Waals surface area contributed by atoms with Gasteiger partial charge in [0.15, 0.2) is 0 Å². The zero-order valence-electron chi connectivity index (χ0n) is 32.7. The van der Waals surface area contributed by atoms with Gasteiger partial charge in [0.25, 0.3) is 0 Å². The van der Waals surface area contributed by atoms with Crippen molar-refractivity contribution in [3.8, 4) is 33.4 Å². The van der Waals surface area contributed by atoms with Gasteiger partial charge < -0.3 is 4.90 Å². The smallest absolute Gasteiger partial charge is 0.0640 e. The predicted molar refractivity (Wildman–Crippen MR) is 260 cm³/mol. The van der Waals surface area contributed by atoms with Crippen LogP contribution in [0.5, 0.6) is 0 Å². The summed E-state index contributed by atoms with van der Waals surface area (Å²) in [6.45, 7) is 0. The van der Waals surface area contributed by atoms with E-state index < -0.39 is 0 Å². The number of anilines is 3. The quantitative estimate of drug-likeness (QED) is 0.152. The molecule has 12 aromatic rings. The van der Waals surface area contributed by atoms with Gasteiger partial charge in [0.2, 0.25) is 0 Å². The number of rotatable bonds is 6. The number of fused-ring (bicyclic) bond motifs is 8. The average Bonchev–Trinajstić information content (AvgIpc) is 3.69. The van der Waals surface area contributed by atoms with E-state index in [2.05, 4.69) is 229 Å². The lowest BCUT2D eigenvalue weighted by atomic mass is 9.92. The van der Waals surface area contributed by atoms with Gasteiger partial charge in [-0.1, -0.05) is 176 Å². The molecule has 0 aliphatic rings. The molecule has 0 saturated heterocycles. The summed E-state index contributed by atoms with van der Waals surface area (Å²) in [5.74, 6) is 0. The van der Waals surface area contributed by atoms with Crippen LogP contribution >= 0.6 is 11.3 Å². The molecule has 1 aromatic heterocycles.